The van der Waals surface area contributed by atoms with Crippen molar-refractivity contribution in [3.05, 3.63) is 58.8 Å². The molecule has 2 aromatic rings. The fourth-order valence-electron chi connectivity index (χ4n) is 3.09. The molecule has 1 aliphatic rings. The number of aryl methyl sites for hydroxylation is 2. The van der Waals surface area contributed by atoms with Crippen molar-refractivity contribution >= 4 is 5.82 Å². The number of anilines is 1. The molecule has 0 unspecified atom stereocenters. The van der Waals surface area contributed by atoms with Crippen molar-refractivity contribution in [1.82, 2.24) is 9.88 Å². The fourth-order valence-corrected chi connectivity index (χ4v) is 3.09. The molecule has 1 aliphatic heterocycles. The first-order valence-electron chi connectivity index (χ1n) is 8.39. The number of rotatable bonds is 3. The minimum Gasteiger partial charge on any atom is -0.354 e. The lowest BCUT2D eigenvalue weighted by Gasteiger charge is -2.35. The van der Waals surface area contributed by atoms with E-state index in [1.165, 1.54) is 22.8 Å². The Morgan fingerprint density at radius 3 is 2.32 bits per heavy atom. The third-order valence-electron chi connectivity index (χ3n) is 4.67. The first-order valence-corrected chi connectivity index (χ1v) is 8.39. The molecule has 1 saturated heterocycles. The van der Waals surface area contributed by atoms with E-state index in [1.807, 2.05) is 4.90 Å². The molecule has 0 aliphatic carbocycles. The van der Waals surface area contributed by atoms with E-state index in [0.717, 1.165) is 45.0 Å². The number of nitrogens with zero attached hydrogens (tertiary/aromatic N) is 3. The average Bonchev–Trinajstić information content (AvgIpc) is 2.58. The molecule has 2 heterocycles. The Labute approximate surface area is 146 Å². The van der Waals surface area contributed by atoms with E-state index in [0.29, 0.717) is 5.82 Å². The third kappa shape index (κ3) is 4.31. The second-order valence-corrected chi connectivity index (χ2v) is 6.60. The molecular weight excluding hydrogens is 327 g/mol. The molecule has 0 N–H and O–H groups in total. The van der Waals surface area contributed by atoms with Gasteiger partial charge in [0.15, 0.2) is 0 Å². The molecule has 134 valence electrons. The Hall–Kier alpha value is -2.08. The molecule has 0 spiro atoms. The van der Waals surface area contributed by atoms with E-state index >= 15 is 0 Å². The van der Waals surface area contributed by atoms with Gasteiger partial charge in [-0.05, 0) is 37.1 Å². The van der Waals surface area contributed by atoms with Crippen molar-refractivity contribution in [3.63, 3.8) is 0 Å². The molecular formula is C19H22F3N3. The molecule has 0 atom stereocenters. The van der Waals surface area contributed by atoms with Crippen LogP contribution in [0.15, 0.2) is 36.5 Å². The van der Waals surface area contributed by atoms with Crippen LogP contribution in [0.4, 0.5) is 19.0 Å². The highest BCUT2D eigenvalue weighted by molar-refractivity contribution is 5.40. The van der Waals surface area contributed by atoms with Crippen LogP contribution in [0.5, 0.6) is 0 Å². The zero-order valence-corrected chi connectivity index (χ0v) is 14.5. The van der Waals surface area contributed by atoms with Gasteiger partial charge in [-0.1, -0.05) is 23.8 Å². The normalized spacial score (nSPS) is 16.3. The summed E-state index contributed by atoms with van der Waals surface area (Å²) in [4.78, 5) is 8.41. The molecule has 0 radical (unpaired) electrons. The summed E-state index contributed by atoms with van der Waals surface area (Å²) in [6.07, 6.45) is -3.42. The Bertz CT molecular complexity index is 718. The topological polar surface area (TPSA) is 19.4 Å². The maximum absolute atomic E-state index is 12.6. The third-order valence-corrected chi connectivity index (χ3v) is 4.67. The number of halogens is 3. The van der Waals surface area contributed by atoms with E-state index in [-0.39, 0.29) is 0 Å². The summed E-state index contributed by atoms with van der Waals surface area (Å²) >= 11 is 0. The van der Waals surface area contributed by atoms with Gasteiger partial charge in [-0.2, -0.15) is 13.2 Å². The van der Waals surface area contributed by atoms with Crippen molar-refractivity contribution < 1.29 is 13.2 Å². The van der Waals surface area contributed by atoms with Crippen LogP contribution in [0.3, 0.4) is 0 Å². The van der Waals surface area contributed by atoms with E-state index in [4.69, 9.17) is 0 Å². The highest BCUT2D eigenvalue weighted by atomic mass is 19.4. The van der Waals surface area contributed by atoms with Crippen molar-refractivity contribution in [3.8, 4) is 0 Å². The predicted molar refractivity (Wildman–Crippen MR) is 92.6 cm³/mol. The molecule has 0 saturated carbocycles. The van der Waals surface area contributed by atoms with Crippen LogP contribution in [0.1, 0.15) is 22.3 Å². The summed E-state index contributed by atoms with van der Waals surface area (Å²) in [6, 6.07) is 9.05. The van der Waals surface area contributed by atoms with Gasteiger partial charge in [-0.3, -0.25) is 4.90 Å². The summed E-state index contributed by atoms with van der Waals surface area (Å²) in [5.41, 5.74) is 3.18. The molecule has 1 fully saturated rings. The number of benzene rings is 1. The second-order valence-electron chi connectivity index (χ2n) is 6.60. The van der Waals surface area contributed by atoms with Gasteiger partial charge in [0.25, 0.3) is 0 Å². The smallest absolute Gasteiger partial charge is 0.354 e. The Morgan fingerprint density at radius 1 is 1.00 bits per heavy atom. The highest BCUT2D eigenvalue weighted by Crippen LogP contribution is 2.29. The second kappa shape index (κ2) is 7.04. The van der Waals surface area contributed by atoms with Crippen molar-refractivity contribution in [1.29, 1.82) is 0 Å². The van der Waals surface area contributed by atoms with Crippen molar-refractivity contribution in [2.75, 3.05) is 31.1 Å². The number of pyridine rings is 1. The predicted octanol–water partition coefficient (Wildman–Crippen LogP) is 4.04. The van der Waals surface area contributed by atoms with Gasteiger partial charge in [0, 0.05) is 38.9 Å². The van der Waals surface area contributed by atoms with E-state index in [1.54, 1.807) is 0 Å². The van der Waals surface area contributed by atoms with E-state index < -0.39 is 11.7 Å². The largest absolute Gasteiger partial charge is 0.417 e. The van der Waals surface area contributed by atoms with Gasteiger partial charge in [0.1, 0.15) is 5.82 Å². The Morgan fingerprint density at radius 2 is 1.72 bits per heavy atom. The molecule has 0 bridgehead atoms. The van der Waals surface area contributed by atoms with Gasteiger partial charge < -0.3 is 4.90 Å². The highest BCUT2D eigenvalue weighted by Gasteiger charge is 2.31. The lowest BCUT2D eigenvalue weighted by atomic mass is 10.0. The van der Waals surface area contributed by atoms with Crippen molar-refractivity contribution in [2.45, 2.75) is 26.6 Å². The van der Waals surface area contributed by atoms with Crippen molar-refractivity contribution in [2.24, 2.45) is 0 Å². The van der Waals surface area contributed by atoms with Gasteiger partial charge in [0.05, 0.1) is 5.56 Å². The van der Waals surface area contributed by atoms with Gasteiger partial charge in [-0.25, -0.2) is 4.98 Å². The molecule has 1 aromatic heterocycles. The lowest BCUT2D eigenvalue weighted by Crippen LogP contribution is -2.46. The van der Waals surface area contributed by atoms with Crippen LogP contribution in [-0.4, -0.2) is 36.1 Å². The van der Waals surface area contributed by atoms with Crippen LogP contribution in [0, 0.1) is 13.8 Å². The summed E-state index contributed by atoms with van der Waals surface area (Å²) in [6.45, 7) is 8.40. The van der Waals surface area contributed by atoms with Crippen LogP contribution in [-0.2, 0) is 12.7 Å². The first-order chi connectivity index (χ1) is 11.8. The fraction of sp³-hybridized carbons (Fsp3) is 0.421. The van der Waals surface area contributed by atoms with Crippen LogP contribution >= 0.6 is 0 Å². The van der Waals surface area contributed by atoms with E-state index in [2.05, 4.69) is 41.9 Å². The quantitative estimate of drug-likeness (QED) is 0.834. The monoisotopic (exact) mass is 349 g/mol. The van der Waals surface area contributed by atoms with Crippen LogP contribution < -0.4 is 4.90 Å². The number of hydrogen-bond donors (Lipinski definition) is 0. The SMILES string of the molecule is Cc1ccc(C)c(CN2CCN(c3ccc(C(F)(F)F)cn3)CC2)c1. The summed E-state index contributed by atoms with van der Waals surface area (Å²) < 4.78 is 37.9. The minimum absolute atomic E-state index is 0.611. The standard InChI is InChI=1S/C19H22F3N3/c1-14-3-4-15(2)16(11-14)13-24-7-9-25(10-8-24)18-6-5-17(12-23-18)19(20,21)22/h3-6,11-12H,7-10,13H2,1-2H3. The summed E-state index contributed by atoms with van der Waals surface area (Å²) in [5.74, 6) is 0.611. The zero-order chi connectivity index (χ0) is 18.0. The molecule has 25 heavy (non-hydrogen) atoms. The minimum atomic E-state index is -4.34. The van der Waals surface area contributed by atoms with Gasteiger partial charge >= 0.3 is 6.18 Å². The summed E-state index contributed by atoms with van der Waals surface area (Å²) in [5, 5.41) is 0. The molecule has 3 nitrogen and oxygen atoms in total. The number of hydrogen-bond acceptors (Lipinski definition) is 3. The average molecular weight is 349 g/mol. The van der Waals surface area contributed by atoms with Crippen LogP contribution in [0.25, 0.3) is 0 Å². The van der Waals surface area contributed by atoms with Gasteiger partial charge in [0.2, 0.25) is 0 Å². The maximum atomic E-state index is 12.6. The molecule has 1 aromatic carbocycles. The van der Waals surface area contributed by atoms with Crippen LogP contribution in [0.2, 0.25) is 0 Å². The molecule has 0 amide bonds. The number of piperazine rings is 1. The first kappa shape index (κ1) is 17.7. The summed E-state index contributed by atoms with van der Waals surface area (Å²) in [7, 11) is 0. The molecule has 3 rings (SSSR count). The van der Waals surface area contributed by atoms with Gasteiger partial charge in [-0.15, -0.1) is 0 Å². The maximum Gasteiger partial charge on any atom is 0.417 e. The Kier molecular flexibility index (Phi) is 4.99. The Balaban J connectivity index is 1.59. The molecule has 6 heteroatoms. The number of aromatic nitrogens is 1. The zero-order valence-electron chi connectivity index (χ0n) is 14.5. The van der Waals surface area contributed by atoms with E-state index in [9.17, 15) is 13.2 Å². The lowest BCUT2D eigenvalue weighted by molar-refractivity contribution is -0.137. The number of alkyl halides is 3.